The van der Waals surface area contributed by atoms with Gasteiger partial charge in [-0.3, -0.25) is 0 Å². The fourth-order valence-corrected chi connectivity index (χ4v) is 1.34. The third kappa shape index (κ3) is 1.54. The summed E-state index contributed by atoms with van der Waals surface area (Å²) in [6.45, 7) is 2.36. The maximum atomic E-state index is 10.8. The van der Waals surface area contributed by atoms with Crippen molar-refractivity contribution in [3.8, 4) is 0 Å². The highest BCUT2D eigenvalue weighted by molar-refractivity contribution is 5.86. The molecule has 5 heteroatoms. The van der Waals surface area contributed by atoms with Crippen LogP contribution >= 0.6 is 0 Å². The Hall–Kier alpha value is -1.39. The molecule has 1 saturated carbocycles. The van der Waals surface area contributed by atoms with Crippen LogP contribution in [-0.4, -0.2) is 26.1 Å². The lowest BCUT2D eigenvalue weighted by Crippen LogP contribution is -2.12. The second-order valence-corrected chi connectivity index (χ2v) is 3.45. The van der Waals surface area contributed by atoms with Gasteiger partial charge in [0.15, 0.2) is 5.69 Å². The summed E-state index contributed by atoms with van der Waals surface area (Å²) in [5.41, 5.74) is 0.722. The average Bonchev–Trinajstić information content (AvgIpc) is 2.76. The number of aryl methyl sites for hydroxylation is 1. The van der Waals surface area contributed by atoms with Crippen LogP contribution in [0.15, 0.2) is 0 Å². The van der Waals surface area contributed by atoms with E-state index >= 15 is 0 Å². The van der Waals surface area contributed by atoms with Gasteiger partial charge in [0.1, 0.15) is 0 Å². The van der Waals surface area contributed by atoms with E-state index in [1.54, 1.807) is 6.92 Å². The fraction of sp³-hybridized carbons (Fsp3) is 0.625. The van der Waals surface area contributed by atoms with Crippen molar-refractivity contribution in [2.75, 3.05) is 0 Å². The summed E-state index contributed by atoms with van der Waals surface area (Å²) in [4.78, 5) is 10.8. The first-order valence-electron chi connectivity index (χ1n) is 4.32. The second kappa shape index (κ2) is 2.83. The number of aromatic carboxylic acids is 1. The minimum atomic E-state index is -0.942. The summed E-state index contributed by atoms with van der Waals surface area (Å²) in [5, 5.41) is 16.4. The molecule has 1 fully saturated rings. The minimum absolute atomic E-state index is 0.229. The molecule has 70 valence electrons. The smallest absolute Gasteiger partial charge is 0.356 e. The van der Waals surface area contributed by atoms with Crippen LogP contribution in [0.25, 0.3) is 0 Å². The zero-order chi connectivity index (χ0) is 9.42. The lowest BCUT2D eigenvalue weighted by molar-refractivity contribution is 0.0682. The summed E-state index contributed by atoms with van der Waals surface area (Å²) in [6, 6.07) is 0. The number of aromatic nitrogens is 3. The molecule has 0 radical (unpaired) electrons. The third-order valence-electron chi connectivity index (χ3n) is 2.23. The molecule has 0 amide bonds. The Kier molecular flexibility index (Phi) is 1.79. The van der Waals surface area contributed by atoms with Gasteiger partial charge < -0.3 is 5.11 Å². The molecule has 0 aliphatic heterocycles. The highest BCUT2D eigenvalue weighted by atomic mass is 16.4. The van der Waals surface area contributed by atoms with Crippen molar-refractivity contribution >= 4 is 5.97 Å². The number of nitrogens with zero attached hydrogens (tertiary/aromatic N) is 3. The third-order valence-corrected chi connectivity index (χ3v) is 2.23. The maximum absolute atomic E-state index is 10.8. The van der Waals surface area contributed by atoms with Crippen LogP contribution in [0.5, 0.6) is 0 Å². The molecule has 0 unspecified atom stereocenters. The van der Waals surface area contributed by atoms with Gasteiger partial charge in [-0.25, -0.2) is 9.48 Å². The van der Waals surface area contributed by atoms with Gasteiger partial charge >= 0.3 is 5.97 Å². The molecule has 0 atom stereocenters. The Morgan fingerprint density at radius 3 is 2.92 bits per heavy atom. The van der Waals surface area contributed by atoms with Crippen LogP contribution in [0.2, 0.25) is 0 Å². The number of carbonyl (C=O) groups is 1. The summed E-state index contributed by atoms with van der Waals surface area (Å²) < 4.78 is 1.50. The van der Waals surface area contributed by atoms with Gasteiger partial charge in [0, 0.05) is 6.54 Å². The lowest BCUT2D eigenvalue weighted by atomic mass is 10.3. The summed E-state index contributed by atoms with van der Waals surface area (Å²) in [5.74, 6) is -0.331. The normalized spacial score (nSPS) is 16.1. The van der Waals surface area contributed by atoms with Crippen molar-refractivity contribution in [2.24, 2.45) is 5.92 Å². The van der Waals surface area contributed by atoms with Crippen LogP contribution in [0.1, 0.15) is 29.0 Å². The van der Waals surface area contributed by atoms with Crippen LogP contribution in [0.3, 0.4) is 0 Å². The second-order valence-electron chi connectivity index (χ2n) is 3.45. The summed E-state index contributed by atoms with van der Waals surface area (Å²) in [6.07, 6.45) is 2.36. The van der Waals surface area contributed by atoms with Gasteiger partial charge in [-0.1, -0.05) is 5.21 Å². The molecular formula is C8H11N3O2. The van der Waals surface area contributed by atoms with Gasteiger partial charge in [-0.15, -0.1) is 5.10 Å². The quantitative estimate of drug-likeness (QED) is 0.745. The molecule has 1 aromatic heterocycles. The Bertz CT molecular complexity index is 341. The van der Waals surface area contributed by atoms with E-state index in [-0.39, 0.29) is 5.69 Å². The Morgan fingerprint density at radius 2 is 2.38 bits per heavy atom. The standard InChI is InChI=1S/C8H11N3O2/c1-5-7(8(12)13)11(10-9-5)4-6-2-3-6/h6H,2-4H2,1H3,(H,12,13). The maximum Gasteiger partial charge on any atom is 0.356 e. The summed E-state index contributed by atoms with van der Waals surface area (Å²) in [7, 11) is 0. The van der Waals surface area contributed by atoms with Gasteiger partial charge in [0.2, 0.25) is 0 Å². The lowest BCUT2D eigenvalue weighted by Gasteiger charge is -2.00. The zero-order valence-corrected chi connectivity index (χ0v) is 7.40. The predicted octanol–water partition coefficient (Wildman–Crippen LogP) is 0.695. The largest absolute Gasteiger partial charge is 0.476 e. The first kappa shape index (κ1) is 8.22. The molecule has 1 aliphatic carbocycles. The molecule has 13 heavy (non-hydrogen) atoms. The van der Waals surface area contributed by atoms with E-state index in [4.69, 9.17) is 5.11 Å². The monoisotopic (exact) mass is 181 g/mol. The SMILES string of the molecule is Cc1nnn(CC2CC2)c1C(=O)O. The van der Waals surface area contributed by atoms with Crippen LogP contribution in [0, 0.1) is 12.8 Å². The zero-order valence-electron chi connectivity index (χ0n) is 7.40. The molecule has 5 nitrogen and oxygen atoms in total. The van der Waals surface area contributed by atoms with E-state index in [0.29, 0.717) is 18.2 Å². The van der Waals surface area contributed by atoms with E-state index in [1.165, 1.54) is 17.5 Å². The first-order chi connectivity index (χ1) is 6.18. The van der Waals surface area contributed by atoms with Crippen molar-refractivity contribution < 1.29 is 9.90 Å². The minimum Gasteiger partial charge on any atom is -0.476 e. The highest BCUT2D eigenvalue weighted by Crippen LogP contribution is 2.30. The van der Waals surface area contributed by atoms with Crippen molar-refractivity contribution in [2.45, 2.75) is 26.3 Å². The number of rotatable bonds is 3. The highest BCUT2D eigenvalue weighted by Gasteiger charge is 2.25. The topological polar surface area (TPSA) is 68.0 Å². The molecule has 1 aliphatic rings. The van der Waals surface area contributed by atoms with Gasteiger partial charge in [0.05, 0.1) is 5.69 Å². The van der Waals surface area contributed by atoms with Gasteiger partial charge in [0.25, 0.3) is 0 Å². The Balaban J connectivity index is 2.27. The van der Waals surface area contributed by atoms with Crippen LogP contribution in [0.4, 0.5) is 0 Å². The Morgan fingerprint density at radius 1 is 1.69 bits per heavy atom. The van der Waals surface area contributed by atoms with E-state index in [0.717, 1.165) is 0 Å². The fourth-order valence-electron chi connectivity index (χ4n) is 1.34. The van der Waals surface area contributed by atoms with E-state index < -0.39 is 5.97 Å². The van der Waals surface area contributed by atoms with Crippen LogP contribution < -0.4 is 0 Å². The molecule has 0 bridgehead atoms. The molecule has 0 aromatic carbocycles. The summed E-state index contributed by atoms with van der Waals surface area (Å²) >= 11 is 0. The molecular weight excluding hydrogens is 170 g/mol. The van der Waals surface area contributed by atoms with Gasteiger partial charge in [-0.2, -0.15) is 0 Å². The number of hydrogen-bond acceptors (Lipinski definition) is 3. The van der Waals surface area contributed by atoms with Crippen molar-refractivity contribution in [1.29, 1.82) is 0 Å². The number of carboxylic acid groups (broad SMARTS) is 1. The average molecular weight is 181 g/mol. The number of carboxylic acids is 1. The molecule has 1 N–H and O–H groups in total. The first-order valence-corrected chi connectivity index (χ1v) is 4.32. The van der Waals surface area contributed by atoms with E-state index in [2.05, 4.69) is 10.3 Å². The molecule has 1 heterocycles. The van der Waals surface area contributed by atoms with E-state index in [9.17, 15) is 4.79 Å². The molecule has 0 saturated heterocycles. The molecule has 1 aromatic rings. The van der Waals surface area contributed by atoms with Crippen molar-refractivity contribution in [3.63, 3.8) is 0 Å². The predicted molar refractivity (Wildman–Crippen MR) is 44.4 cm³/mol. The van der Waals surface area contributed by atoms with Gasteiger partial charge in [-0.05, 0) is 25.7 Å². The number of hydrogen-bond donors (Lipinski definition) is 1. The molecule has 2 rings (SSSR count). The van der Waals surface area contributed by atoms with Crippen molar-refractivity contribution in [3.05, 3.63) is 11.4 Å². The van der Waals surface area contributed by atoms with Crippen molar-refractivity contribution in [1.82, 2.24) is 15.0 Å². The Labute approximate surface area is 75.4 Å². The van der Waals surface area contributed by atoms with E-state index in [1.807, 2.05) is 0 Å². The molecule has 0 spiro atoms. The van der Waals surface area contributed by atoms with Crippen LogP contribution in [-0.2, 0) is 6.54 Å².